The van der Waals surface area contributed by atoms with Crippen molar-refractivity contribution in [1.29, 1.82) is 0 Å². The Morgan fingerprint density at radius 3 is 2.61 bits per heavy atom. The van der Waals surface area contributed by atoms with Crippen LogP contribution in [0.2, 0.25) is 0 Å². The maximum Gasteiger partial charge on any atom is 0.410 e. The number of carbonyl (C=O) groups excluding carboxylic acids is 2. The van der Waals surface area contributed by atoms with E-state index in [1.54, 1.807) is 35.0 Å². The zero-order valence-corrected chi connectivity index (χ0v) is 17.2. The van der Waals surface area contributed by atoms with Gasteiger partial charge in [0.1, 0.15) is 18.8 Å². The summed E-state index contributed by atoms with van der Waals surface area (Å²) in [4.78, 5) is 28.9. The summed E-state index contributed by atoms with van der Waals surface area (Å²) in [6.45, 7) is 7.71. The molecule has 1 aromatic carbocycles. The standard InChI is InChI=1S/C21H30N2O5/c1-21(2,3)28-20(25)23-10-6-5-7-16(23)14-22(4)19(24)15-8-9-17-18(13-15)27-12-11-26-17/h8-9,13,16H,5-7,10-12,14H2,1-4H3/t16-/m0/s1. The van der Waals surface area contributed by atoms with E-state index in [4.69, 9.17) is 14.2 Å². The van der Waals surface area contributed by atoms with Gasteiger partial charge in [-0.15, -0.1) is 0 Å². The van der Waals surface area contributed by atoms with Gasteiger partial charge >= 0.3 is 6.09 Å². The summed E-state index contributed by atoms with van der Waals surface area (Å²) in [5.41, 5.74) is 0.0119. The number of benzene rings is 1. The first kappa shape index (κ1) is 20.3. The van der Waals surface area contributed by atoms with Crippen LogP contribution in [-0.2, 0) is 4.74 Å². The number of likely N-dealkylation sites (N-methyl/N-ethyl adjacent to an activating group) is 1. The molecule has 3 rings (SSSR count). The number of ether oxygens (including phenoxy) is 3. The second-order valence-corrected chi connectivity index (χ2v) is 8.37. The summed E-state index contributed by atoms with van der Waals surface area (Å²) in [6.07, 6.45) is 2.54. The number of fused-ring (bicyclic) bond motifs is 1. The van der Waals surface area contributed by atoms with Crippen molar-refractivity contribution in [3.05, 3.63) is 23.8 Å². The van der Waals surface area contributed by atoms with E-state index < -0.39 is 5.60 Å². The molecular formula is C21H30N2O5. The third kappa shape index (κ3) is 4.88. The number of piperidine rings is 1. The van der Waals surface area contributed by atoms with Gasteiger partial charge in [-0.1, -0.05) is 0 Å². The largest absolute Gasteiger partial charge is 0.486 e. The quantitative estimate of drug-likeness (QED) is 0.792. The van der Waals surface area contributed by atoms with Gasteiger partial charge in [-0.3, -0.25) is 4.79 Å². The van der Waals surface area contributed by atoms with Crippen LogP contribution in [0.4, 0.5) is 4.79 Å². The van der Waals surface area contributed by atoms with Gasteiger partial charge in [-0.25, -0.2) is 4.79 Å². The van der Waals surface area contributed by atoms with Gasteiger partial charge in [-0.05, 0) is 58.2 Å². The van der Waals surface area contributed by atoms with Gasteiger partial charge < -0.3 is 24.0 Å². The average molecular weight is 390 g/mol. The first-order chi connectivity index (χ1) is 13.2. The van der Waals surface area contributed by atoms with E-state index in [0.29, 0.717) is 43.4 Å². The maximum atomic E-state index is 12.9. The Morgan fingerprint density at radius 1 is 1.18 bits per heavy atom. The molecule has 28 heavy (non-hydrogen) atoms. The molecule has 0 radical (unpaired) electrons. The minimum atomic E-state index is -0.536. The fourth-order valence-corrected chi connectivity index (χ4v) is 3.55. The molecule has 2 amide bonds. The van der Waals surface area contributed by atoms with Gasteiger partial charge in [0.15, 0.2) is 11.5 Å². The number of amides is 2. The molecule has 0 bridgehead atoms. The van der Waals surface area contributed by atoms with Gasteiger partial charge in [0.05, 0.1) is 6.04 Å². The van der Waals surface area contributed by atoms with E-state index in [9.17, 15) is 9.59 Å². The van der Waals surface area contributed by atoms with Crippen LogP contribution in [0.1, 0.15) is 50.4 Å². The van der Waals surface area contributed by atoms with E-state index in [0.717, 1.165) is 19.3 Å². The SMILES string of the molecule is CN(C[C@@H]1CCCCN1C(=O)OC(C)(C)C)C(=O)c1ccc2c(c1)OCCO2. The molecule has 2 aliphatic rings. The third-order valence-electron chi connectivity index (χ3n) is 4.88. The van der Waals surface area contributed by atoms with Gasteiger partial charge in [0.2, 0.25) is 0 Å². The predicted octanol–water partition coefficient (Wildman–Crippen LogP) is 3.32. The molecule has 0 N–H and O–H groups in total. The first-order valence-electron chi connectivity index (χ1n) is 9.89. The van der Waals surface area contributed by atoms with Crippen LogP contribution in [0.5, 0.6) is 11.5 Å². The molecule has 0 unspecified atom stereocenters. The Labute approximate surface area is 166 Å². The highest BCUT2D eigenvalue weighted by atomic mass is 16.6. The predicted molar refractivity (Wildman–Crippen MR) is 105 cm³/mol. The molecule has 0 saturated carbocycles. The normalized spacial score (nSPS) is 19.1. The molecule has 0 aromatic heterocycles. The molecule has 7 heteroatoms. The first-order valence-corrected chi connectivity index (χ1v) is 9.89. The fourth-order valence-electron chi connectivity index (χ4n) is 3.55. The number of nitrogens with zero attached hydrogens (tertiary/aromatic N) is 2. The lowest BCUT2D eigenvalue weighted by Crippen LogP contribution is -2.51. The van der Waals surface area contributed by atoms with E-state index in [2.05, 4.69) is 0 Å². The van der Waals surface area contributed by atoms with E-state index in [-0.39, 0.29) is 18.0 Å². The lowest BCUT2D eigenvalue weighted by molar-refractivity contribution is 0.00604. The highest BCUT2D eigenvalue weighted by molar-refractivity contribution is 5.94. The highest BCUT2D eigenvalue weighted by Crippen LogP contribution is 2.31. The smallest absolute Gasteiger partial charge is 0.410 e. The van der Waals surface area contributed by atoms with Crippen molar-refractivity contribution in [3.8, 4) is 11.5 Å². The summed E-state index contributed by atoms with van der Waals surface area (Å²) in [7, 11) is 1.76. The molecule has 1 aromatic rings. The third-order valence-corrected chi connectivity index (χ3v) is 4.88. The summed E-state index contributed by atoms with van der Waals surface area (Å²) < 4.78 is 16.6. The second kappa shape index (κ2) is 8.29. The van der Waals surface area contributed by atoms with Crippen molar-refractivity contribution in [2.75, 3.05) is 33.4 Å². The number of rotatable bonds is 3. The van der Waals surface area contributed by atoms with Crippen LogP contribution >= 0.6 is 0 Å². The lowest BCUT2D eigenvalue weighted by atomic mass is 10.0. The summed E-state index contributed by atoms with van der Waals surface area (Å²) in [5, 5.41) is 0. The van der Waals surface area contributed by atoms with Gasteiger partial charge in [0, 0.05) is 25.7 Å². The van der Waals surface area contributed by atoms with Crippen molar-refractivity contribution in [2.24, 2.45) is 0 Å². The Bertz CT molecular complexity index is 728. The summed E-state index contributed by atoms with van der Waals surface area (Å²) >= 11 is 0. The lowest BCUT2D eigenvalue weighted by Gasteiger charge is -2.38. The maximum absolute atomic E-state index is 12.9. The molecule has 0 aliphatic carbocycles. The van der Waals surface area contributed by atoms with Crippen LogP contribution in [0, 0.1) is 0 Å². The number of likely N-dealkylation sites (tertiary alicyclic amines) is 1. The number of hydrogen-bond acceptors (Lipinski definition) is 5. The molecule has 1 atom stereocenters. The molecule has 2 heterocycles. The van der Waals surface area contributed by atoms with Gasteiger partial charge in [-0.2, -0.15) is 0 Å². The van der Waals surface area contributed by atoms with Crippen molar-refractivity contribution in [1.82, 2.24) is 9.80 Å². The van der Waals surface area contributed by atoms with Crippen molar-refractivity contribution >= 4 is 12.0 Å². The van der Waals surface area contributed by atoms with Crippen LogP contribution in [-0.4, -0.2) is 66.8 Å². The van der Waals surface area contributed by atoms with Crippen LogP contribution in [0.3, 0.4) is 0 Å². The van der Waals surface area contributed by atoms with Crippen LogP contribution in [0.15, 0.2) is 18.2 Å². The Balaban J connectivity index is 1.67. The van der Waals surface area contributed by atoms with Crippen molar-refractivity contribution < 1.29 is 23.8 Å². The van der Waals surface area contributed by atoms with Crippen LogP contribution < -0.4 is 9.47 Å². The minimum absolute atomic E-state index is 0.0465. The molecule has 0 spiro atoms. The molecule has 7 nitrogen and oxygen atoms in total. The Kier molecular flexibility index (Phi) is 6.01. The minimum Gasteiger partial charge on any atom is -0.486 e. The number of carbonyl (C=O) groups is 2. The van der Waals surface area contributed by atoms with Gasteiger partial charge in [0.25, 0.3) is 5.91 Å². The summed E-state index contributed by atoms with van der Waals surface area (Å²) in [5.74, 6) is 1.15. The fraction of sp³-hybridized carbons (Fsp3) is 0.619. The molecule has 1 saturated heterocycles. The second-order valence-electron chi connectivity index (χ2n) is 8.37. The van der Waals surface area contributed by atoms with E-state index in [1.807, 2.05) is 20.8 Å². The zero-order chi connectivity index (χ0) is 20.3. The molecule has 2 aliphatic heterocycles. The monoisotopic (exact) mass is 390 g/mol. The number of hydrogen-bond donors (Lipinski definition) is 0. The van der Waals surface area contributed by atoms with E-state index in [1.165, 1.54) is 0 Å². The molecule has 1 fully saturated rings. The molecule has 154 valence electrons. The van der Waals surface area contributed by atoms with Crippen LogP contribution in [0.25, 0.3) is 0 Å². The van der Waals surface area contributed by atoms with Crippen molar-refractivity contribution in [2.45, 2.75) is 51.7 Å². The van der Waals surface area contributed by atoms with Crippen molar-refractivity contribution in [3.63, 3.8) is 0 Å². The zero-order valence-electron chi connectivity index (χ0n) is 17.2. The Hall–Kier alpha value is -2.44. The Morgan fingerprint density at radius 2 is 1.89 bits per heavy atom. The average Bonchev–Trinajstić information content (AvgIpc) is 2.66. The highest BCUT2D eigenvalue weighted by Gasteiger charge is 2.32. The topological polar surface area (TPSA) is 68.3 Å². The molecular weight excluding hydrogens is 360 g/mol. The summed E-state index contributed by atoms with van der Waals surface area (Å²) in [6, 6.07) is 5.19. The van der Waals surface area contributed by atoms with E-state index >= 15 is 0 Å².